The summed E-state index contributed by atoms with van der Waals surface area (Å²) in [7, 11) is 8.08. The summed E-state index contributed by atoms with van der Waals surface area (Å²) in [5.41, 5.74) is 3.07. The summed E-state index contributed by atoms with van der Waals surface area (Å²) in [4.78, 5) is 21.4. The minimum atomic E-state index is 0.0904. The van der Waals surface area contributed by atoms with Gasteiger partial charge in [0.2, 0.25) is 0 Å². The summed E-state index contributed by atoms with van der Waals surface area (Å²) in [6.45, 7) is 3.86. The monoisotopic (exact) mass is 343 g/mol. The number of rotatable bonds is 4. The molecule has 0 spiro atoms. The molecule has 136 valence electrons. The molecule has 0 aliphatic carbocycles. The van der Waals surface area contributed by atoms with E-state index < -0.39 is 0 Å². The lowest BCUT2D eigenvalue weighted by atomic mass is 9.87. The number of likely N-dealkylation sites (tertiary alicyclic amines) is 1. The Balaban J connectivity index is 1.78. The topological polar surface area (TPSA) is 46.3 Å². The predicted molar refractivity (Wildman–Crippen MR) is 98.4 cm³/mol. The molecule has 2 atom stereocenters. The van der Waals surface area contributed by atoms with E-state index in [1.807, 2.05) is 62.2 Å². The van der Waals surface area contributed by atoms with Crippen LogP contribution in [-0.4, -0.2) is 57.0 Å². The molecular formula is C19H29N5O. The molecule has 1 fully saturated rings. The number of carbonyl (C=O) groups excluding carboxylic acids is 1. The number of hydrogen-bond acceptors (Lipinski definition) is 3. The van der Waals surface area contributed by atoms with Crippen molar-refractivity contribution in [1.29, 1.82) is 0 Å². The molecule has 0 unspecified atom stereocenters. The average Bonchev–Trinajstić information content (AvgIpc) is 3.13. The largest absolute Gasteiger partial charge is 0.344 e. The molecule has 6 nitrogen and oxygen atoms in total. The van der Waals surface area contributed by atoms with Gasteiger partial charge in [-0.1, -0.05) is 0 Å². The summed E-state index contributed by atoms with van der Waals surface area (Å²) in [6, 6.07) is 4.21. The van der Waals surface area contributed by atoms with Crippen molar-refractivity contribution in [1.82, 2.24) is 23.9 Å². The smallest absolute Gasteiger partial charge is 0.270 e. The molecule has 1 aliphatic rings. The van der Waals surface area contributed by atoms with E-state index >= 15 is 0 Å². The van der Waals surface area contributed by atoms with Gasteiger partial charge in [0.15, 0.2) is 0 Å². The van der Waals surface area contributed by atoms with Crippen LogP contribution in [0.1, 0.15) is 40.8 Å². The van der Waals surface area contributed by atoms with Crippen LogP contribution in [0.25, 0.3) is 0 Å². The van der Waals surface area contributed by atoms with E-state index in [0.29, 0.717) is 12.0 Å². The third-order valence-corrected chi connectivity index (χ3v) is 5.61. The van der Waals surface area contributed by atoms with E-state index in [2.05, 4.69) is 21.5 Å². The van der Waals surface area contributed by atoms with Crippen molar-refractivity contribution < 1.29 is 4.79 Å². The fourth-order valence-corrected chi connectivity index (χ4v) is 4.03. The Kier molecular flexibility index (Phi) is 4.99. The van der Waals surface area contributed by atoms with E-state index in [4.69, 9.17) is 0 Å². The highest BCUT2D eigenvalue weighted by molar-refractivity contribution is 5.92. The SMILES string of the molecule is Cc1ccc(C(=O)N(C)C[C@@H]2CCCN(C)[C@H]2c2cncn2C)n1C. The van der Waals surface area contributed by atoms with Gasteiger partial charge in [0.25, 0.3) is 5.91 Å². The Morgan fingerprint density at radius 3 is 2.68 bits per heavy atom. The fraction of sp³-hybridized carbons (Fsp3) is 0.579. The lowest BCUT2D eigenvalue weighted by molar-refractivity contribution is 0.0625. The third-order valence-electron chi connectivity index (χ3n) is 5.61. The van der Waals surface area contributed by atoms with Gasteiger partial charge in [-0.2, -0.15) is 0 Å². The first-order chi connectivity index (χ1) is 11.9. The Hall–Kier alpha value is -2.08. The number of hydrogen-bond donors (Lipinski definition) is 0. The molecule has 2 aromatic heterocycles. The zero-order valence-electron chi connectivity index (χ0n) is 15.9. The third kappa shape index (κ3) is 3.35. The number of piperidine rings is 1. The van der Waals surface area contributed by atoms with Crippen molar-refractivity contribution in [3.8, 4) is 0 Å². The van der Waals surface area contributed by atoms with Gasteiger partial charge in [0.05, 0.1) is 18.1 Å². The van der Waals surface area contributed by atoms with Gasteiger partial charge in [-0.15, -0.1) is 0 Å². The van der Waals surface area contributed by atoms with Gasteiger partial charge in [-0.3, -0.25) is 9.69 Å². The molecule has 3 rings (SSSR count). The zero-order chi connectivity index (χ0) is 18.1. The second kappa shape index (κ2) is 7.04. The Bertz CT molecular complexity index is 747. The van der Waals surface area contributed by atoms with Gasteiger partial charge >= 0.3 is 0 Å². The quantitative estimate of drug-likeness (QED) is 0.855. The highest BCUT2D eigenvalue weighted by atomic mass is 16.2. The van der Waals surface area contributed by atoms with Crippen LogP contribution in [0.3, 0.4) is 0 Å². The Morgan fingerprint density at radius 1 is 1.32 bits per heavy atom. The minimum Gasteiger partial charge on any atom is -0.344 e. The molecule has 6 heteroatoms. The van der Waals surface area contributed by atoms with Crippen molar-refractivity contribution in [3.63, 3.8) is 0 Å². The molecule has 0 bridgehead atoms. The van der Waals surface area contributed by atoms with E-state index in [0.717, 1.165) is 30.9 Å². The molecule has 0 radical (unpaired) electrons. The first-order valence-corrected chi connectivity index (χ1v) is 8.94. The van der Waals surface area contributed by atoms with Crippen molar-refractivity contribution in [3.05, 3.63) is 41.7 Å². The summed E-state index contributed by atoms with van der Waals surface area (Å²) in [6.07, 6.45) is 6.11. The van der Waals surface area contributed by atoms with Gasteiger partial charge in [0, 0.05) is 39.6 Å². The number of amides is 1. The van der Waals surface area contributed by atoms with Crippen LogP contribution in [0.15, 0.2) is 24.7 Å². The molecule has 0 saturated carbocycles. The van der Waals surface area contributed by atoms with Gasteiger partial charge in [0.1, 0.15) is 5.69 Å². The maximum atomic E-state index is 12.9. The molecule has 1 amide bonds. The lowest BCUT2D eigenvalue weighted by Crippen LogP contribution is -2.43. The molecule has 0 N–H and O–H groups in total. The van der Waals surface area contributed by atoms with Crippen LogP contribution in [0, 0.1) is 12.8 Å². The van der Waals surface area contributed by atoms with Crippen LogP contribution in [0.4, 0.5) is 0 Å². The van der Waals surface area contributed by atoms with Crippen LogP contribution in [0.5, 0.6) is 0 Å². The van der Waals surface area contributed by atoms with E-state index in [9.17, 15) is 4.79 Å². The normalized spacial score (nSPS) is 21.5. The molecule has 3 heterocycles. The summed E-state index contributed by atoms with van der Waals surface area (Å²) < 4.78 is 4.06. The number of carbonyl (C=O) groups is 1. The summed E-state index contributed by atoms with van der Waals surface area (Å²) in [5.74, 6) is 0.497. The first-order valence-electron chi connectivity index (χ1n) is 8.94. The van der Waals surface area contributed by atoms with Crippen molar-refractivity contribution >= 4 is 5.91 Å². The highest BCUT2D eigenvalue weighted by Gasteiger charge is 2.34. The van der Waals surface area contributed by atoms with Crippen LogP contribution in [0.2, 0.25) is 0 Å². The van der Waals surface area contributed by atoms with Crippen LogP contribution >= 0.6 is 0 Å². The number of imidazole rings is 1. The number of nitrogens with zero attached hydrogens (tertiary/aromatic N) is 5. The molecule has 1 saturated heterocycles. The van der Waals surface area contributed by atoms with Crippen molar-refractivity contribution in [2.24, 2.45) is 20.0 Å². The van der Waals surface area contributed by atoms with Gasteiger partial charge < -0.3 is 14.0 Å². The second-order valence-electron chi connectivity index (χ2n) is 7.36. The van der Waals surface area contributed by atoms with Gasteiger partial charge in [-0.25, -0.2) is 4.98 Å². The van der Waals surface area contributed by atoms with Crippen molar-refractivity contribution in [2.75, 3.05) is 27.2 Å². The first kappa shape index (κ1) is 17.7. The number of aromatic nitrogens is 3. The molecular weight excluding hydrogens is 314 g/mol. The zero-order valence-corrected chi connectivity index (χ0v) is 15.9. The predicted octanol–water partition coefficient (Wildman–Crippen LogP) is 2.22. The maximum absolute atomic E-state index is 12.9. The van der Waals surface area contributed by atoms with Crippen molar-refractivity contribution in [2.45, 2.75) is 25.8 Å². The molecule has 2 aromatic rings. The van der Waals surface area contributed by atoms with Crippen LogP contribution in [-0.2, 0) is 14.1 Å². The summed E-state index contributed by atoms with van der Waals surface area (Å²) >= 11 is 0. The Morgan fingerprint density at radius 2 is 2.08 bits per heavy atom. The second-order valence-corrected chi connectivity index (χ2v) is 7.36. The minimum absolute atomic E-state index is 0.0904. The van der Waals surface area contributed by atoms with E-state index in [1.165, 1.54) is 12.1 Å². The Labute approximate surface area is 150 Å². The maximum Gasteiger partial charge on any atom is 0.270 e. The molecule has 1 aliphatic heterocycles. The molecule has 0 aromatic carbocycles. The molecule has 25 heavy (non-hydrogen) atoms. The lowest BCUT2D eigenvalue weighted by Gasteiger charge is -2.40. The summed E-state index contributed by atoms with van der Waals surface area (Å²) in [5, 5.41) is 0. The average molecular weight is 343 g/mol. The van der Waals surface area contributed by atoms with Gasteiger partial charge in [-0.05, 0) is 51.4 Å². The highest BCUT2D eigenvalue weighted by Crippen LogP contribution is 2.35. The van der Waals surface area contributed by atoms with E-state index in [-0.39, 0.29) is 5.91 Å². The standard InChI is InChI=1S/C19H29N5O/c1-14-8-9-16(24(14)5)19(25)22(3)12-15-7-6-10-21(2)18(15)17-11-20-13-23(17)4/h8-9,11,13,15,18H,6-7,10,12H2,1-5H3/t15-,18+/m0/s1. The number of aryl methyl sites for hydroxylation is 2. The van der Waals surface area contributed by atoms with Crippen LogP contribution < -0.4 is 0 Å². The van der Waals surface area contributed by atoms with E-state index in [1.54, 1.807) is 0 Å². The fourth-order valence-electron chi connectivity index (χ4n) is 4.03.